The second kappa shape index (κ2) is 10.4. The molecule has 0 radical (unpaired) electrons. The van der Waals surface area contributed by atoms with Crippen molar-refractivity contribution in [2.24, 2.45) is 0 Å². The minimum absolute atomic E-state index is 0.266. The monoisotopic (exact) mass is 433 g/mol. The summed E-state index contributed by atoms with van der Waals surface area (Å²) >= 11 is 0. The molecule has 0 saturated carbocycles. The molecule has 0 aliphatic carbocycles. The number of ether oxygens (including phenoxy) is 1. The summed E-state index contributed by atoms with van der Waals surface area (Å²) in [5.41, 5.74) is 2.77. The van der Waals surface area contributed by atoms with Gasteiger partial charge in [-0.05, 0) is 25.1 Å². The Bertz CT molecular complexity index is 958. The van der Waals surface area contributed by atoms with E-state index in [1.807, 2.05) is 67.6 Å². The Hall–Kier alpha value is -3.16. The lowest BCUT2D eigenvalue weighted by Gasteiger charge is -2.32. The van der Waals surface area contributed by atoms with E-state index < -0.39 is 0 Å². The molecule has 168 valence electrons. The standard InChI is InChI=1S/C25H31N5O2/c1-20-19-30(25(26-20)32-18-17-29-15-13-28(2)14-16-29)24(31)27-23(21-9-5-3-6-10-21)22-11-7-4-8-12-22/h3-12,19,23H,13-18H2,1-2H3,(H,27,31). The third kappa shape index (κ3) is 5.55. The first-order valence-electron chi connectivity index (χ1n) is 11.1. The van der Waals surface area contributed by atoms with Crippen molar-refractivity contribution in [2.45, 2.75) is 13.0 Å². The number of piperazine rings is 1. The van der Waals surface area contributed by atoms with Crippen LogP contribution in [0.5, 0.6) is 6.01 Å². The van der Waals surface area contributed by atoms with Gasteiger partial charge in [-0.15, -0.1) is 0 Å². The van der Waals surface area contributed by atoms with Gasteiger partial charge in [-0.3, -0.25) is 4.90 Å². The van der Waals surface area contributed by atoms with Crippen LogP contribution in [-0.2, 0) is 0 Å². The molecule has 3 aromatic rings. The molecular weight excluding hydrogens is 402 g/mol. The number of amides is 1. The number of carbonyl (C=O) groups is 1. The number of imidazole rings is 1. The number of nitrogens with zero attached hydrogens (tertiary/aromatic N) is 4. The van der Waals surface area contributed by atoms with Gasteiger partial charge in [0.05, 0.1) is 11.7 Å². The summed E-state index contributed by atoms with van der Waals surface area (Å²) in [7, 11) is 2.14. The Morgan fingerprint density at radius 1 is 1.00 bits per heavy atom. The molecule has 1 saturated heterocycles. The van der Waals surface area contributed by atoms with E-state index in [1.54, 1.807) is 6.20 Å². The normalized spacial score (nSPS) is 15.1. The lowest BCUT2D eigenvalue weighted by Crippen LogP contribution is -2.45. The molecule has 1 aromatic heterocycles. The number of carbonyl (C=O) groups excluding carboxylic acids is 1. The van der Waals surface area contributed by atoms with Crippen LogP contribution in [0.15, 0.2) is 66.9 Å². The van der Waals surface area contributed by atoms with Crippen molar-refractivity contribution in [1.29, 1.82) is 0 Å². The fourth-order valence-corrected chi connectivity index (χ4v) is 3.90. The number of hydrogen-bond acceptors (Lipinski definition) is 5. The van der Waals surface area contributed by atoms with Crippen molar-refractivity contribution in [2.75, 3.05) is 46.4 Å². The van der Waals surface area contributed by atoms with Gasteiger partial charge in [-0.25, -0.2) is 14.3 Å². The fraction of sp³-hybridized carbons (Fsp3) is 0.360. The lowest BCUT2D eigenvalue weighted by atomic mass is 9.99. The predicted molar refractivity (Wildman–Crippen MR) is 125 cm³/mol. The minimum Gasteiger partial charge on any atom is -0.463 e. The second-order valence-corrected chi connectivity index (χ2v) is 8.23. The number of aryl methyl sites for hydroxylation is 1. The van der Waals surface area contributed by atoms with Crippen molar-refractivity contribution in [3.05, 3.63) is 83.7 Å². The van der Waals surface area contributed by atoms with Gasteiger partial charge in [-0.1, -0.05) is 60.7 Å². The molecular formula is C25H31N5O2. The van der Waals surface area contributed by atoms with Gasteiger partial charge >= 0.3 is 12.0 Å². The Morgan fingerprint density at radius 2 is 1.59 bits per heavy atom. The molecule has 2 heterocycles. The molecule has 0 spiro atoms. The quantitative estimate of drug-likeness (QED) is 0.620. The van der Waals surface area contributed by atoms with Crippen molar-refractivity contribution < 1.29 is 9.53 Å². The molecule has 1 N–H and O–H groups in total. The highest BCUT2D eigenvalue weighted by Crippen LogP contribution is 2.22. The van der Waals surface area contributed by atoms with Crippen molar-refractivity contribution in [3.8, 4) is 6.01 Å². The third-order valence-corrected chi connectivity index (χ3v) is 5.78. The molecule has 0 atom stereocenters. The number of benzene rings is 2. The first kappa shape index (κ1) is 22.0. The molecule has 4 rings (SSSR count). The lowest BCUT2D eigenvalue weighted by molar-refractivity contribution is 0.130. The van der Waals surface area contributed by atoms with E-state index in [4.69, 9.17) is 4.74 Å². The maximum Gasteiger partial charge on any atom is 0.330 e. The summed E-state index contributed by atoms with van der Waals surface area (Å²) in [5.74, 6) is 0. The van der Waals surface area contributed by atoms with E-state index in [0.717, 1.165) is 49.5 Å². The number of nitrogens with one attached hydrogen (secondary N) is 1. The van der Waals surface area contributed by atoms with Crippen LogP contribution in [0.25, 0.3) is 0 Å². The first-order valence-corrected chi connectivity index (χ1v) is 11.1. The number of aromatic nitrogens is 2. The summed E-state index contributed by atoms with van der Waals surface area (Å²) in [6, 6.07) is 19.7. The number of likely N-dealkylation sites (N-methyl/N-ethyl adjacent to an activating group) is 1. The van der Waals surface area contributed by atoms with Crippen molar-refractivity contribution >= 4 is 6.03 Å². The molecule has 1 aliphatic rings. The van der Waals surface area contributed by atoms with Crippen LogP contribution in [0.1, 0.15) is 22.9 Å². The molecule has 32 heavy (non-hydrogen) atoms. The molecule has 0 bridgehead atoms. The Labute approximate surface area is 189 Å². The Morgan fingerprint density at radius 3 is 2.19 bits per heavy atom. The summed E-state index contributed by atoms with van der Waals surface area (Å²) in [6.07, 6.45) is 1.72. The molecule has 1 aliphatic heterocycles. The first-order chi connectivity index (χ1) is 15.6. The Balaban J connectivity index is 1.45. The van der Waals surface area contributed by atoms with E-state index >= 15 is 0 Å². The van der Waals surface area contributed by atoms with Crippen LogP contribution < -0.4 is 10.1 Å². The number of hydrogen-bond donors (Lipinski definition) is 1. The van der Waals surface area contributed by atoms with Crippen LogP contribution in [0.4, 0.5) is 4.79 Å². The average molecular weight is 434 g/mol. The maximum atomic E-state index is 13.3. The van der Waals surface area contributed by atoms with Gasteiger partial charge in [0.1, 0.15) is 6.61 Å². The van der Waals surface area contributed by atoms with Gasteiger partial charge in [-0.2, -0.15) is 0 Å². The molecule has 1 fully saturated rings. The molecule has 1 amide bonds. The van der Waals surface area contributed by atoms with Crippen molar-refractivity contribution in [3.63, 3.8) is 0 Å². The number of rotatable bonds is 7. The predicted octanol–water partition coefficient (Wildman–Crippen LogP) is 3.17. The average Bonchev–Trinajstić information content (AvgIpc) is 3.20. The van der Waals surface area contributed by atoms with Gasteiger partial charge in [0, 0.05) is 38.9 Å². The topological polar surface area (TPSA) is 62.6 Å². The van der Waals surface area contributed by atoms with Gasteiger partial charge < -0.3 is 15.0 Å². The van der Waals surface area contributed by atoms with E-state index in [2.05, 4.69) is 27.1 Å². The minimum atomic E-state index is -0.272. The smallest absolute Gasteiger partial charge is 0.330 e. The SMILES string of the molecule is Cc1cn(C(=O)NC(c2ccccc2)c2ccccc2)c(OCCN2CCN(C)CC2)n1. The van der Waals surface area contributed by atoms with Crippen LogP contribution in [-0.4, -0.2) is 71.8 Å². The second-order valence-electron chi connectivity index (χ2n) is 8.23. The van der Waals surface area contributed by atoms with Gasteiger partial charge in [0.2, 0.25) is 0 Å². The highest BCUT2D eigenvalue weighted by atomic mass is 16.5. The highest BCUT2D eigenvalue weighted by molar-refractivity contribution is 5.79. The summed E-state index contributed by atoms with van der Waals surface area (Å²) < 4.78 is 7.41. The zero-order valence-corrected chi connectivity index (χ0v) is 18.8. The molecule has 7 heteroatoms. The van der Waals surface area contributed by atoms with E-state index in [-0.39, 0.29) is 12.1 Å². The summed E-state index contributed by atoms with van der Waals surface area (Å²) in [5, 5.41) is 3.15. The summed E-state index contributed by atoms with van der Waals surface area (Å²) in [4.78, 5) is 22.4. The molecule has 0 unspecified atom stereocenters. The van der Waals surface area contributed by atoms with Crippen LogP contribution in [0.2, 0.25) is 0 Å². The highest BCUT2D eigenvalue weighted by Gasteiger charge is 2.21. The zero-order valence-electron chi connectivity index (χ0n) is 18.8. The molecule has 2 aromatic carbocycles. The maximum absolute atomic E-state index is 13.3. The van der Waals surface area contributed by atoms with Crippen LogP contribution in [0, 0.1) is 6.92 Å². The van der Waals surface area contributed by atoms with Gasteiger partial charge in [0.15, 0.2) is 0 Å². The van der Waals surface area contributed by atoms with Crippen LogP contribution in [0.3, 0.4) is 0 Å². The largest absolute Gasteiger partial charge is 0.463 e. The molecule has 7 nitrogen and oxygen atoms in total. The van der Waals surface area contributed by atoms with Crippen molar-refractivity contribution in [1.82, 2.24) is 24.7 Å². The van der Waals surface area contributed by atoms with Crippen LogP contribution >= 0.6 is 0 Å². The van der Waals surface area contributed by atoms with Gasteiger partial charge in [0.25, 0.3) is 0 Å². The summed E-state index contributed by atoms with van der Waals surface area (Å²) in [6.45, 7) is 7.37. The zero-order chi connectivity index (χ0) is 22.3. The van der Waals surface area contributed by atoms with E-state index in [1.165, 1.54) is 4.57 Å². The third-order valence-electron chi connectivity index (χ3n) is 5.78. The fourth-order valence-electron chi connectivity index (χ4n) is 3.90. The Kier molecular flexibility index (Phi) is 7.19. The van der Waals surface area contributed by atoms with E-state index in [9.17, 15) is 4.79 Å². The van der Waals surface area contributed by atoms with E-state index in [0.29, 0.717) is 12.6 Å².